The number of rotatable bonds is 6. The first-order valence-electron chi connectivity index (χ1n) is 8.45. The van der Waals surface area contributed by atoms with Crippen LogP contribution in [0.5, 0.6) is 0 Å². The van der Waals surface area contributed by atoms with Crippen LogP contribution < -0.4 is 15.1 Å². The molecule has 2 N–H and O–H groups in total. The van der Waals surface area contributed by atoms with E-state index in [2.05, 4.69) is 18.3 Å². The van der Waals surface area contributed by atoms with Gasteiger partial charge in [-0.2, -0.15) is 0 Å². The van der Waals surface area contributed by atoms with Gasteiger partial charge in [-0.25, -0.2) is 0 Å². The van der Waals surface area contributed by atoms with E-state index in [1.165, 1.54) is 5.56 Å². The summed E-state index contributed by atoms with van der Waals surface area (Å²) in [5.74, 6) is 0.0937. The second kappa shape index (κ2) is 7.59. The lowest BCUT2D eigenvalue weighted by molar-refractivity contribution is -0.881. The van der Waals surface area contributed by atoms with E-state index in [1.54, 1.807) is 0 Å². The third-order valence-corrected chi connectivity index (χ3v) is 4.24. The molecule has 0 saturated carbocycles. The highest BCUT2D eigenvalue weighted by molar-refractivity contribution is 5.96. The molecule has 2 rings (SSSR count). The first kappa shape index (κ1) is 17.5. The van der Waals surface area contributed by atoms with Crippen LogP contribution in [0.25, 0.3) is 0 Å². The summed E-state index contributed by atoms with van der Waals surface area (Å²) >= 11 is 0. The second-order valence-corrected chi connectivity index (χ2v) is 6.62. The van der Waals surface area contributed by atoms with Crippen molar-refractivity contribution in [3.05, 3.63) is 29.8 Å². The minimum Gasteiger partial charge on any atom is -0.349 e. The first-order valence-corrected chi connectivity index (χ1v) is 8.45. The maximum absolute atomic E-state index is 12.8. The topological polar surface area (TPSA) is 53.9 Å². The molecule has 0 saturated heterocycles. The summed E-state index contributed by atoms with van der Waals surface area (Å²) in [6.45, 7) is 9.41. The number of para-hydroxylation sites is 1. The molecule has 0 radical (unpaired) electrons. The Labute approximate surface area is 138 Å². The SMILES string of the molecule is CC[NH+](CC(=O)NC(C)C)CC(=O)N1c2ccccc2C[C@H]1C. The Balaban J connectivity index is 2.01. The summed E-state index contributed by atoms with van der Waals surface area (Å²) in [5.41, 5.74) is 2.25. The summed E-state index contributed by atoms with van der Waals surface area (Å²) in [7, 11) is 0. The van der Waals surface area contributed by atoms with Crippen LogP contribution in [0.1, 0.15) is 33.3 Å². The minimum absolute atomic E-state index is 0.000444. The van der Waals surface area contributed by atoms with Crippen molar-refractivity contribution in [1.29, 1.82) is 0 Å². The molecule has 0 fully saturated rings. The van der Waals surface area contributed by atoms with Crippen LogP contribution in [0.15, 0.2) is 24.3 Å². The van der Waals surface area contributed by atoms with Crippen molar-refractivity contribution in [2.24, 2.45) is 0 Å². The van der Waals surface area contributed by atoms with Gasteiger partial charge in [0.05, 0.1) is 6.54 Å². The molecule has 2 amide bonds. The standard InChI is InChI=1S/C18H27N3O2/c1-5-20(11-17(22)19-13(2)3)12-18(23)21-14(4)10-15-8-6-7-9-16(15)21/h6-9,13-14H,5,10-12H2,1-4H3,(H,19,22)/p+1/t14-/m1/s1. The van der Waals surface area contributed by atoms with E-state index in [0.29, 0.717) is 13.1 Å². The van der Waals surface area contributed by atoms with E-state index < -0.39 is 0 Å². The average Bonchev–Trinajstić information content (AvgIpc) is 2.81. The summed E-state index contributed by atoms with van der Waals surface area (Å²) in [6.07, 6.45) is 0.900. The van der Waals surface area contributed by atoms with Gasteiger partial charge in [-0.15, -0.1) is 0 Å². The van der Waals surface area contributed by atoms with Gasteiger partial charge in [0.15, 0.2) is 13.1 Å². The van der Waals surface area contributed by atoms with Crippen molar-refractivity contribution >= 4 is 17.5 Å². The van der Waals surface area contributed by atoms with Crippen LogP contribution in [0.2, 0.25) is 0 Å². The van der Waals surface area contributed by atoms with E-state index >= 15 is 0 Å². The van der Waals surface area contributed by atoms with Crippen molar-refractivity contribution in [1.82, 2.24) is 5.32 Å². The number of likely N-dealkylation sites (N-methyl/N-ethyl adjacent to an activating group) is 1. The molecule has 0 aromatic heterocycles. The number of carbonyl (C=O) groups excluding carboxylic acids is 2. The maximum atomic E-state index is 12.8. The molecule has 1 aliphatic rings. The fourth-order valence-corrected chi connectivity index (χ4v) is 3.16. The first-order chi connectivity index (χ1) is 10.9. The summed E-state index contributed by atoms with van der Waals surface area (Å²) in [6, 6.07) is 8.38. The van der Waals surface area contributed by atoms with Gasteiger partial charge >= 0.3 is 0 Å². The highest BCUT2D eigenvalue weighted by Gasteiger charge is 2.32. The van der Waals surface area contributed by atoms with Gasteiger partial charge in [0.1, 0.15) is 0 Å². The summed E-state index contributed by atoms with van der Waals surface area (Å²) < 4.78 is 0. The zero-order chi connectivity index (χ0) is 17.0. The number of hydrogen-bond acceptors (Lipinski definition) is 2. The Kier molecular flexibility index (Phi) is 5.77. The quantitative estimate of drug-likeness (QED) is 0.797. The van der Waals surface area contributed by atoms with Gasteiger partial charge in [-0.1, -0.05) is 18.2 Å². The van der Waals surface area contributed by atoms with E-state index in [1.807, 2.05) is 43.9 Å². The number of carbonyl (C=O) groups is 2. The van der Waals surface area contributed by atoms with Crippen LogP contribution in [0.4, 0.5) is 5.69 Å². The molecule has 1 heterocycles. The van der Waals surface area contributed by atoms with E-state index in [9.17, 15) is 9.59 Å². The lowest BCUT2D eigenvalue weighted by Crippen LogP contribution is -3.14. The molecule has 23 heavy (non-hydrogen) atoms. The number of nitrogens with zero attached hydrogens (tertiary/aromatic N) is 1. The van der Waals surface area contributed by atoms with Crippen molar-refractivity contribution in [3.63, 3.8) is 0 Å². The zero-order valence-electron chi connectivity index (χ0n) is 14.6. The van der Waals surface area contributed by atoms with Crippen LogP contribution in [-0.2, 0) is 16.0 Å². The molecule has 1 unspecified atom stereocenters. The molecule has 126 valence electrons. The van der Waals surface area contributed by atoms with Crippen LogP contribution >= 0.6 is 0 Å². The molecule has 2 atom stereocenters. The van der Waals surface area contributed by atoms with E-state index in [0.717, 1.165) is 23.6 Å². The predicted octanol–water partition coefficient (Wildman–Crippen LogP) is 0.394. The Morgan fingerprint density at radius 3 is 2.65 bits per heavy atom. The van der Waals surface area contributed by atoms with Gasteiger partial charge < -0.3 is 15.1 Å². The van der Waals surface area contributed by atoms with Crippen LogP contribution in [0, 0.1) is 0 Å². The normalized spacial score (nSPS) is 18.0. The molecule has 0 aliphatic carbocycles. The number of nitrogens with one attached hydrogen (secondary N) is 2. The van der Waals surface area contributed by atoms with E-state index in [4.69, 9.17) is 0 Å². The smallest absolute Gasteiger partial charge is 0.282 e. The minimum atomic E-state index is -0.000444. The van der Waals surface area contributed by atoms with Gasteiger partial charge in [-0.05, 0) is 45.7 Å². The average molecular weight is 318 g/mol. The molecule has 1 aliphatic heterocycles. The molecule has 5 nitrogen and oxygen atoms in total. The number of hydrogen-bond donors (Lipinski definition) is 2. The van der Waals surface area contributed by atoms with Gasteiger partial charge in [0, 0.05) is 17.8 Å². The highest BCUT2D eigenvalue weighted by atomic mass is 16.2. The third-order valence-electron chi connectivity index (χ3n) is 4.24. The Hall–Kier alpha value is -1.88. The van der Waals surface area contributed by atoms with Gasteiger partial charge in [0.25, 0.3) is 11.8 Å². The molecule has 1 aromatic carbocycles. The number of benzene rings is 1. The van der Waals surface area contributed by atoms with E-state index in [-0.39, 0.29) is 23.9 Å². The summed E-state index contributed by atoms with van der Waals surface area (Å²) in [5, 5.41) is 2.89. The second-order valence-electron chi connectivity index (χ2n) is 6.62. The Morgan fingerprint density at radius 2 is 2.00 bits per heavy atom. The zero-order valence-corrected chi connectivity index (χ0v) is 14.6. The van der Waals surface area contributed by atoms with Crippen molar-refractivity contribution in [2.45, 2.75) is 46.2 Å². The lowest BCUT2D eigenvalue weighted by atomic mass is 10.1. The maximum Gasteiger partial charge on any atom is 0.282 e. The Bertz CT molecular complexity index is 571. The van der Waals surface area contributed by atoms with Crippen molar-refractivity contribution in [2.75, 3.05) is 24.5 Å². The number of fused-ring (bicyclic) bond motifs is 1. The monoisotopic (exact) mass is 318 g/mol. The predicted molar refractivity (Wildman–Crippen MR) is 91.6 cm³/mol. The largest absolute Gasteiger partial charge is 0.349 e. The number of anilines is 1. The fourth-order valence-electron chi connectivity index (χ4n) is 3.16. The van der Waals surface area contributed by atoms with Crippen molar-refractivity contribution < 1.29 is 14.5 Å². The molecule has 5 heteroatoms. The highest BCUT2D eigenvalue weighted by Crippen LogP contribution is 2.31. The number of quaternary nitrogens is 1. The lowest BCUT2D eigenvalue weighted by Gasteiger charge is -2.25. The van der Waals surface area contributed by atoms with Gasteiger partial charge in [0.2, 0.25) is 0 Å². The molecule has 1 aromatic rings. The molecular weight excluding hydrogens is 290 g/mol. The molecule has 0 spiro atoms. The molecular formula is C18H28N3O2+. The third kappa shape index (κ3) is 4.32. The fraction of sp³-hybridized carbons (Fsp3) is 0.556. The Morgan fingerprint density at radius 1 is 1.30 bits per heavy atom. The van der Waals surface area contributed by atoms with Crippen molar-refractivity contribution in [3.8, 4) is 0 Å². The number of amides is 2. The summed E-state index contributed by atoms with van der Waals surface area (Å²) in [4.78, 5) is 27.6. The molecule has 0 bridgehead atoms. The van der Waals surface area contributed by atoms with Gasteiger partial charge in [-0.3, -0.25) is 9.59 Å². The van der Waals surface area contributed by atoms with Crippen LogP contribution in [-0.4, -0.2) is 43.5 Å². The van der Waals surface area contributed by atoms with Crippen LogP contribution in [0.3, 0.4) is 0 Å².